The van der Waals surface area contributed by atoms with Crippen molar-refractivity contribution in [3.63, 3.8) is 0 Å². The number of anilines is 1. The summed E-state index contributed by atoms with van der Waals surface area (Å²) in [4.78, 5) is 28.7. The van der Waals surface area contributed by atoms with Gasteiger partial charge in [-0.1, -0.05) is 42.5 Å². The first-order chi connectivity index (χ1) is 15.1. The minimum absolute atomic E-state index is 0.000959. The Labute approximate surface area is 186 Å². The molecule has 1 aliphatic heterocycles. The zero-order chi connectivity index (χ0) is 21.6. The van der Waals surface area contributed by atoms with Crippen LogP contribution in [0, 0.1) is 5.92 Å². The van der Waals surface area contributed by atoms with E-state index >= 15 is 0 Å². The number of benzene rings is 2. The average molecular weight is 435 g/mol. The van der Waals surface area contributed by atoms with Crippen LogP contribution in [0.1, 0.15) is 28.8 Å². The lowest BCUT2D eigenvalue weighted by atomic mass is 9.89. The molecule has 1 atom stereocenters. The molecule has 0 fully saturated rings. The molecule has 2 amide bonds. The quantitative estimate of drug-likeness (QED) is 0.550. The largest absolute Gasteiger partial charge is 0.496 e. The number of carbonyl (C=O) groups is 2. The van der Waals surface area contributed by atoms with E-state index in [1.54, 1.807) is 18.4 Å². The van der Waals surface area contributed by atoms with E-state index in [1.165, 1.54) is 0 Å². The number of para-hydroxylation sites is 2. The fourth-order valence-electron chi connectivity index (χ4n) is 3.96. The van der Waals surface area contributed by atoms with Gasteiger partial charge in [0.15, 0.2) is 0 Å². The van der Waals surface area contributed by atoms with E-state index < -0.39 is 0 Å². The number of hydrogen-bond donors (Lipinski definition) is 1. The average Bonchev–Trinajstić information content (AvgIpc) is 3.30. The number of nitrogens with one attached hydrogen (secondary N) is 1. The summed E-state index contributed by atoms with van der Waals surface area (Å²) in [6.07, 6.45) is 1.54. The van der Waals surface area contributed by atoms with E-state index in [-0.39, 0.29) is 17.7 Å². The molecule has 0 saturated carbocycles. The second kappa shape index (κ2) is 9.79. The lowest BCUT2D eigenvalue weighted by molar-refractivity contribution is -0.133. The van der Waals surface area contributed by atoms with E-state index in [1.807, 2.05) is 70.9 Å². The summed E-state index contributed by atoms with van der Waals surface area (Å²) >= 11 is 1.64. The highest BCUT2D eigenvalue weighted by atomic mass is 32.1. The first-order valence-corrected chi connectivity index (χ1v) is 11.3. The standard InChI is InChI=1S/C25H26N2O3S/c1-30-23-11-5-3-8-20(23)16-27(17-21-9-6-14-31-21)24(28)13-12-19-15-18-7-2-4-10-22(18)26-25(19)29/h2-11,14,19H,12-13,15-17H2,1H3,(H,26,29). The highest BCUT2D eigenvalue weighted by Gasteiger charge is 2.27. The Kier molecular flexibility index (Phi) is 6.67. The second-order valence-electron chi connectivity index (χ2n) is 7.73. The predicted octanol–water partition coefficient (Wildman–Crippen LogP) is 4.88. The molecule has 0 bridgehead atoms. The van der Waals surface area contributed by atoms with Crippen LogP contribution in [-0.2, 0) is 29.1 Å². The smallest absolute Gasteiger partial charge is 0.227 e. The number of rotatable bonds is 8. The summed E-state index contributed by atoms with van der Waals surface area (Å²) in [7, 11) is 1.64. The Morgan fingerprint density at radius 1 is 1.10 bits per heavy atom. The summed E-state index contributed by atoms with van der Waals surface area (Å²) in [6.45, 7) is 1.02. The van der Waals surface area contributed by atoms with Crippen LogP contribution in [0.5, 0.6) is 5.75 Å². The Bertz CT molecular complexity index is 1050. The lowest BCUT2D eigenvalue weighted by Crippen LogP contribution is -2.33. The molecule has 2 aromatic carbocycles. The van der Waals surface area contributed by atoms with Crippen LogP contribution in [0.4, 0.5) is 5.69 Å². The van der Waals surface area contributed by atoms with Crippen molar-refractivity contribution in [3.05, 3.63) is 82.0 Å². The van der Waals surface area contributed by atoms with Gasteiger partial charge in [-0.2, -0.15) is 0 Å². The Balaban J connectivity index is 1.45. The van der Waals surface area contributed by atoms with Crippen LogP contribution in [0.2, 0.25) is 0 Å². The minimum Gasteiger partial charge on any atom is -0.496 e. The summed E-state index contributed by atoms with van der Waals surface area (Å²) in [5.74, 6) is 0.635. The van der Waals surface area contributed by atoms with Crippen molar-refractivity contribution in [2.45, 2.75) is 32.4 Å². The molecular weight excluding hydrogens is 408 g/mol. The molecule has 1 aromatic heterocycles. The van der Waals surface area contributed by atoms with Gasteiger partial charge in [0.05, 0.1) is 13.7 Å². The number of ether oxygens (including phenoxy) is 1. The zero-order valence-corrected chi connectivity index (χ0v) is 18.4. The predicted molar refractivity (Wildman–Crippen MR) is 123 cm³/mol. The summed E-state index contributed by atoms with van der Waals surface area (Å²) in [5, 5.41) is 4.99. The fraction of sp³-hybridized carbons (Fsp3) is 0.280. The maximum absolute atomic E-state index is 13.2. The summed E-state index contributed by atoms with van der Waals surface area (Å²) in [5.41, 5.74) is 2.98. The number of amides is 2. The van der Waals surface area contributed by atoms with Crippen molar-refractivity contribution in [3.8, 4) is 5.75 Å². The third kappa shape index (κ3) is 5.14. The molecule has 31 heavy (non-hydrogen) atoms. The molecule has 6 heteroatoms. The van der Waals surface area contributed by atoms with Crippen LogP contribution in [0.15, 0.2) is 66.0 Å². The highest BCUT2D eigenvalue weighted by Crippen LogP contribution is 2.28. The number of hydrogen-bond acceptors (Lipinski definition) is 4. The van der Waals surface area contributed by atoms with Gasteiger partial charge in [0, 0.05) is 35.0 Å². The lowest BCUT2D eigenvalue weighted by Gasteiger charge is -2.26. The van der Waals surface area contributed by atoms with Gasteiger partial charge in [-0.05, 0) is 42.0 Å². The SMILES string of the molecule is COc1ccccc1CN(Cc1cccs1)C(=O)CCC1Cc2ccccc2NC1=O. The van der Waals surface area contributed by atoms with Crippen LogP contribution < -0.4 is 10.1 Å². The van der Waals surface area contributed by atoms with Crippen molar-refractivity contribution in [1.29, 1.82) is 0 Å². The molecule has 1 aliphatic rings. The van der Waals surface area contributed by atoms with Crippen molar-refractivity contribution in [1.82, 2.24) is 4.90 Å². The maximum atomic E-state index is 13.2. The monoisotopic (exact) mass is 434 g/mol. The van der Waals surface area contributed by atoms with Gasteiger partial charge in [-0.3, -0.25) is 9.59 Å². The van der Waals surface area contributed by atoms with Gasteiger partial charge in [-0.15, -0.1) is 11.3 Å². The van der Waals surface area contributed by atoms with Gasteiger partial charge in [0.1, 0.15) is 5.75 Å². The zero-order valence-electron chi connectivity index (χ0n) is 17.5. The second-order valence-corrected chi connectivity index (χ2v) is 8.76. The van der Waals surface area contributed by atoms with Gasteiger partial charge < -0.3 is 15.0 Å². The third-order valence-corrected chi connectivity index (χ3v) is 6.51. The molecule has 0 radical (unpaired) electrons. The van der Waals surface area contributed by atoms with Crippen LogP contribution in [0.3, 0.4) is 0 Å². The molecule has 0 aliphatic carbocycles. The van der Waals surface area contributed by atoms with Gasteiger partial charge in [-0.25, -0.2) is 0 Å². The maximum Gasteiger partial charge on any atom is 0.227 e. The van der Waals surface area contributed by atoms with E-state index in [0.29, 0.717) is 32.4 Å². The molecule has 4 rings (SSSR count). The molecule has 0 saturated heterocycles. The molecule has 1 N–H and O–H groups in total. The molecule has 160 valence electrons. The van der Waals surface area contributed by atoms with Crippen molar-refractivity contribution < 1.29 is 14.3 Å². The summed E-state index contributed by atoms with van der Waals surface area (Å²) in [6, 6.07) is 19.7. The van der Waals surface area contributed by atoms with Crippen LogP contribution in [0.25, 0.3) is 0 Å². The van der Waals surface area contributed by atoms with Gasteiger partial charge in [0.25, 0.3) is 0 Å². The number of methoxy groups -OCH3 is 1. The Morgan fingerprint density at radius 3 is 2.71 bits per heavy atom. The van der Waals surface area contributed by atoms with E-state index in [0.717, 1.165) is 27.4 Å². The first-order valence-electron chi connectivity index (χ1n) is 10.4. The minimum atomic E-state index is -0.186. The number of nitrogens with zero attached hydrogens (tertiary/aromatic N) is 1. The molecule has 3 aromatic rings. The first kappa shape index (κ1) is 21.1. The van der Waals surface area contributed by atoms with Crippen LogP contribution >= 0.6 is 11.3 Å². The Morgan fingerprint density at radius 2 is 1.90 bits per heavy atom. The van der Waals surface area contributed by atoms with Crippen molar-refractivity contribution >= 4 is 28.8 Å². The van der Waals surface area contributed by atoms with Crippen LogP contribution in [-0.4, -0.2) is 23.8 Å². The molecule has 5 nitrogen and oxygen atoms in total. The normalized spacial score (nSPS) is 15.1. The molecular formula is C25H26N2O3S. The molecule has 1 unspecified atom stereocenters. The number of fused-ring (bicyclic) bond motifs is 1. The number of thiophene rings is 1. The topological polar surface area (TPSA) is 58.6 Å². The van der Waals surface area contributed by atoms with Crippen molar-refractivity contribution in [2.24, 2.45) is 5.92 Å². The van der Waals surface area contributed by atoms with E-state index in [4.69, 9.17) is 4.74 Å². The Hall–Kier alpha value is -3.12. The highest BCUT2D eigenvalue weighted by molar-refractivity contribution is 7.09. The number of carbonyl (C=O) groups excluding carboxylic acids is 2. The summed E-state index contributed by atoms with van der Waals surface area (Å²) < 4.78 is 5.48. The third-order valence-electron chi connectivity index (χ3n) is 5.65. The van der Waals surface area contributed by atoms with E-state index in [9.17, 15) is 9.59 Å². The molecule has 0 spiro atoms. The fourth-order valence-corrected chi connectivity index (χ4v) is 4.68. The molecule has 2 heterocycles. The van der Waals surface area contributed by atoms with Gasteiger partial charge in [0.2, 0.25) is 11.8 Å². The van der Waals surface area contributed by atoms with Crippen molar-refractivity contribution in [2.75, 3.05) is 12.4 Å². The van der Waals surface area contributed by atoms with Gasteiger partial charge >= 0.3 is 0 Å². The van der Waals surface area contributed by atoms with E-state index in [2.05, 4.69) is 5.32 Å².